The van der Waals surface area contributed by atoms with Crippen molar-refractivity contribution < 1.29 is 19.0 Å². The van der Waals surface area contributed by atoms with Gasteiger partial charge in [0.1, 0.15) is 0 Å². The second-order valence-electron chi connectivity index (χ2n) is 5.79. The Balaban J connectivity index is 2.56. The number of benzene rings is 2. The first-order valence-electron chi connectivity index (χ1n) is 8.50. The lowest BCUT2D eigenvalue weighted by Gasteiger charge is -2.26. The zero-order valence-corrected chi connectivity index (χ0v) is 16.2. The smallest absolute Gasteiger partial charge is 0.224 e. The minimum atomic E-state index is -0.0827. The average Bonchev–Trinajstić information content (AvgIpc) is 2.69. The number of rotatable bonds is 8. The SMILES string of the molecule is C=C/C=C(/c1cc(OC)c(OC)c(OC)c1)N(Cc1ccccc1)C(C)=O. The van der Waals surface area contributed by atoms with Crippen molar-refractivity contribution in [2.45, 2.75) is 13.5 Å². The van der Waals surface area contributed by atoms with Crippen LogP contribution in [0.25, 0.3) is 5.70 Å². The summed E-state index contributed by atoms with van der Waals surface area (Å²) in [4.78, 5) is 14.1. The van der Waals surface area contributed by atoms with Gasteiger partial charge in [-0.15, -0.1) is 0 Å². The summed E-state index contributed by atoms with van der Waals surface area (Å²) in [5.74, 6) is 1.45. The first kappa shape index (κ1) is 20.1. The van der Waals surface area contributed by atoms with Crippen LogP contribution in [0.4, 0.5) is 0 Å². The molecule has 0 bridgehead atoms. The zero-order chi connectivity index (χ0) is 19.8. The van der Waals surface area contributed by atoms with Gasteiger partial charge in [0.15, 0.2) is 11.5 Å². The molecule has 0 radical (unpaired) electrons. The summed E-state index contributed by atoms with van der Waals surface area (Å²) in [6.07, 6.45) is 3.45. The van der Waals surface area contributed by atoms with E-state index in [1.54, 1.807) is 38.4 Å². The molecule has 0 saturated heterocycles. The van der Waals surface area contributed by atoms with Crippen molar-refractivity contribution in [3.8, 4) is 17.2 Å². The Morgan fingerprint density at radius 3 is 2.07 bits per heavy atom. The number of hydrogen-bond acceptors (Lipinski definition) is 4. The molecular formula is C22H25NO4. The monoisotopic (exact) mass is 367 g/mol. The molecule has 0 N–H and O–H groups in total. The van der Waals surface area contributed by atoms with E-state index in [4.69, 9.17) is 14.2 Å². The first-order chi connectivity index (χ1) is 13.0. The Morgan fingerprint density at radius 1 is 1.04 bits per heavy atom. The standard InChI is InChI=1S/C22H25NO4/c1-6-10-19(23(16(2)24)15-17-11-8-7-9-12-17)18-13-20(25-3)22(27-5)21(14-18)26-4/h6-14H,1,15H2,2-5H3/b19-10-. The Bertz CT molecular complexity index is 802. The molecule has 0 spiro atoms. The number of amides is 1. The van der Waals surface area contributed by atoms with Gasteiger partial charge in [0.2, 0.25) is 11.7 Å². The highest BCUT2D eigenvalue weighted by atomic mass is 16.5. The molecule has 27 heavy (non-hydrogen) atoms. The van der Waals surface area contributed by atoms with Gasteiger partial charge in [0.05, 0.1) is 33.6 Å². The molecular weight excluding hydrogens is 342 g/mol. The number of carbonyl (C=O) groups excluding carboxylic acids is 1. The van der Waals surface area contributed by atoms with Gasteiger partial charge in [-0.25, -0.2) is 0 Å². The number of carbonyl (C=O) groups is 1. The number of nitrogens with zero attached hydrogens (tertiary/aromatic N) is 1. The van der Waals surface area contributed by atoms with E-state index in [-0.39, 0.29) is 5.91 Å². The third-order valence-corrected chi connectivity index (χ3v) is 4.09. The second-order valence-corrected chi connectivity index (χ2v) is 5.79. The van der Waals surface area contributed by atoms with Crippen LogP contribution in [0.15, 0.2) is 61.2 Å². The summed E-state index contributed by atoms with van der Waals surface area (Å²) in [5.41, 5.74) is 2.48. The fourth-order valence-electron chi connectivity index (χ4n) is 2.81. The van der Waals surface area contributed by atoms with Crippen LogP contribution < -0.4 is 14.2 Å². The molecule has 0 aromatic heterocycles. The number of allylic oxidation sites excluding steroid dienone is 2. The molecule has 0 fully saturated rings. The van der Waals surface area contributed by atoms with Gasteiger partial charge in [-0.05, 0) is 23.8 Å². The lowest BCUT2D eigenvalue weighted by atomic mass is 10.1. The highest BCUT2D eigenvalue weighted by molar-refractivity contribution is 5.86. The van der Waals surface area contributed by atoms with Crippen LogP contribution in [0, 0.1) is 0 Å². The Kier molecular flexibility index (Phi) is 7.06. The van der Waals surface area contributed by atoms with E-state index < -0.39 is 0 Å². The van der Waals surface area contributed by atoms with Gasteiger partial charge in [0, 0.05) is 12.5 Å². The summed E-state index contributed by atoms with van der Waals surface area (Å²) in [6.45, 7) is 5.77. The molecule has 1 amide bonds. The van der Waals surface area contributed by atoms with E-state index in [0.29, 0.717) is 29.5 Å². The highest BCUT2D eigenvalue weighted by Gasteiger charge is 2.20. The average molecular weight is 367 g/mol. The summed E-state index contributed by atoms with van der Waals surface area (Å²) in [7, 11) is 4.67. The summed E-state index contributed by atoms with van der Waals surface area (Å²) in [5, 5.41) is 0. The topological polar surface area (TPSA) is 48.0 Å². The maximum Gasteiger partial charge on any atom is 0.224 e. The number of ether oxygens (including phenoxy) is 3. The van der Waals surface area contributed by atoms with E-state index in [0.717, 1.165) is 11.1 Å². The van der Waals surface area contributed by atoms with Crippen molar-refractivity contribution in [3.05, 3.63) is 72.3 Å². The highest BCUT2D eigenvalue weighted by Crippen LogP contribution is 2.40. The van der Waals surface area contributed by atoms with Crippen molar-refractivity contribution >= 4 is 11.6 Å². The van der Waals surface area contributed by atoms with Crippen LogP contribution in [0.3, 0.4) is 0 Å². The zero-order valence-electron chi connectivity index (χ0n) is 16.2. The normalized spacial score (nSPS) is 10.9. The Labute approximate surface area is 160 Å². The van der Waals surface area contributed by atoms with Crippen LogP contribution in [0.2, 0.25) is 0 Å². The van der Waals surface area contributed by atoms with Gasteiger partial charge in [-0.2, -0.15) is 0 Å². The lowest BCUT2D eigenvalue weighted by molar-refractivity contribution is -0.126. The molecule has 2 aromatic rings. The van der Waals surface area contributed by atoms with Gasteiger partial charge < -0.3 is 19.1 Å². The molecule has 0 unspecified atom stereocenters. The van der Waals surface area contributed by atoms with Crippen molar-refractivity contribution in [3.63, 3.8) is 0 Å². The van der Waals surface area contributed by atoms with Crippen LogP contribution in [0.5, 0.6) is 17.2 Å². The maximum atomic E-state index is 12.4. The predicted octanol–water partition coefficient (Wildman–Crippen LogP) is 4.29. The summed E-state index contributed by atoms with van der Waals surface area (Å²) >= 11 is 0. The second kappa shape index (κ2) is 9.48. The molecule has 0 saturated carbocycles. The van der Waals surface area contributed by atoms with E-state index in [2.05, 4.69) is 6.58 Å². The van der Waals surface area contributed by atoms with Gasteiger partial charge >= 0.3 is 0 Å². The van der Waals surface area contributed by atoms with Crippen LogP contribution in [0.1, 0.15) is 18.1 Å². The van der Waals surface area contributed by atoms with Gasteiger partial charge in [-0.3, -0.25) is 4.79 Å². The fraction of sp³-hybridized carbons (Fsp3) is 0.227. The summed E-state index contributed by atoms with van der Waals surface area (Å²) in [6, 6.07) is 13.4. The Hall–Kier alpha value is -3.21. The molecule has 0 aliphatic heterocycles. The quantitative estimate of drug-likeness (QED) is 0.653. The predicted molar refractivity (Wildman–Crippen MR) is 107 cm³/mol. The first-order valence-corrected chi connectivity index (χ1v) is 8.50. The van der Waals surface area contributed by atoms with E-state index in [9.17, 15) is 4.79 Å². The minimum Gasteiger partial charge on any atom is -0.493 e. The molecule has 2 rings (SSSR count). The van der Waals surface area contributed by atoms with Crippen LogP contribution in [-0.2, 0) is 11.3 Å². The van der Waals surface area contributed by atoms with Gasteiger partial charge in [0.25, 0.3) is 0 Å². The van der Waals surface area contributed by atoms with Crippen molar-refractivity contribution in [1.82, 2.24) is 4.90 Å². The van der Waals surface area contributed by atoms with Crippen molar-refractivity contribution in [2.24, 2.45) is 0 Å². The molecule has 0 aliphatic rings. The molecule has 5 nitrogen and oxygen atoms in total. The van der Waals surface area contributed by atoms with E-state index >= 15 is 0 Å². The Morgan fingerprint density at radius 2 is 1.63 bits per heavy atom. The van der Waals surface area contributed by atoms with E-state index in [1.165, 1.54) is 6.92 Å². The number of methoxy groups -OCH3 is 3. The fourth-order valence-corrected chi connectivity index (χ4v) is 2.81. The third kappa shape index (κ3) is 4.70. The molecule has 142 valence electrons. The lowest BCUT2D eigenvalue weighted by Crippen LogP contribution is -2.26. The summed E-state index contributed by atoms with van der Waals surface area (Å²) < 4.78 is 16.3. The largest absolute Gasteiger partial charge is 0.493 e. The van der Waals surface area contributed by atoms with E-state index in [1.807, 2.05) is 42.5 Å². The molecule has 5 heteroatoms. The van der Waals surface area contributed by atoms with Crippen LogP contribution >= 0.6 is 0 Å². The minimum absolute atomic E-state index is 0.0827. The number of hydrogen-bond donors (Lipinski definition) is 0. The molecule has 0 aliphatic carbocycles. The maximum absolute atomic E-state index is 12.4. The van der Waals surface area contributed by atoms with Crippen molar-refractivity contribution in [2.75, 3.05) is 21.3 Å². The van der Waals surface area contributed by atoms with Gasteiger partial charge in [-0.1, -0.05) is 43.0 Å². The molecule has 0 atom stereocenters. The third-order valence-electron chi connectivity index (χ3n) is 4.09. The van der Waals surface area contributed by atoms with Crippen LogP contribution in [-0.4, -0.2) is 32.1 Å². The molecule has 0 heterocycles. The molecule has 2 aromatic carbocycles. The van der Waals surface area contributed by atoms with Crippen molar-refractivity contribution in [1.29, 1.82) is 0 Å².